The molecular formula is C20H21N3O3. The number of fused-ring (bicyclic) bond motifs is 1. The number of hydrogen-bond donors (Lipinski definition) is 1. The number of aryl methyl sites for hydroxylation is 1. The van der Waals surface area contributed by atoms with E-state index in [2.05, 4.69) is 10.3 Å². The van der Waals surface area contributed by atoms with Crippen LogP contribution in [0.25, 0.3) is 11.7 Å². The predicted molar refractivity (Wildman–Crippen MR) is 100 cm³/mol. The Morgan fingerprint density at radius 2 is 1.96 bits per heavy atom. The van der Waals surface area contributed by atoms with Crippen LogP contribution in [0.2, 0.25) is 0 Å². The Balaban J connectivity index is 1.62. The van der Waals surface area contributed by atoms with Gasteiger partial charge in [-0.15, -0.1) is 0 Å². The minimum Gasteiger partial charge on any atom is -0.493 e. The van der Waals surface area contributed by atoms with Crippen LogP contribution in [0.1, 0.15) is 16.8 Å². The quantitative estimate of drug-likeness (QED) is 0.694. The fraction of sp³-hybridized carbons (Fsp3) is 0.200. The molecule has 0 fully saturated rings. The molecule has 0 bridgehead atoms. The van der Waals surface area contributed by atoms with E-state index in [1.165, 1.54) is 6.08 Å². The van der Waals surface area contributed by atoms with Crippen LogP contribution in [-0.4, -0.2) is 29.5 Å². The van der Waals surface area contributed by atoms with Gasteiger partial charge in [0.15, 0.2) is 11.5 Å². The number of carbonyl (C=O) groups excluding carboxylic acids is 1. The molecule has 2 aromatic heterocycles. The van der Waals surface area contributed by atoms with E-state index < -0.39 is 0 Å². The number of imidazole rings is 1. The topological polar surface area (TPSA) is 64.9 Å². The van der Waals surface area contributed by atoms with Crippen LogP contribution in [-0.2, 0) is 11.3 Å². The summed E-state index contributed by atoms with van der Waals surface area (Å²) in [5, 5.41) is 2.84. The zero-order valence-electron chi connectivity index (χ0n) is 15.0. The van der Waals surface area contributed by atoms with Crippen molar-refractivity contribution < 1.29 is 14.3 Å². The number of benzene rings is 1. The Bertz CT molecular complexity index is 960. The molecule has 0 aliphatic carbocycles. The summed E-state index contributed by atoms with van der Waals surface area (Å²) < 4.78 is 12.4. The second-order valence-electron chi connectivity index (χ2n) is 5.87. The number of carbonyl (C=O) groups is 1. The molecule has 3 aromatic rings. The lowest BCUT2D eigenvalue weighted by molar-refractivity contribution is -0.116. The molecule has 6 nitrogen and oxygen atoms in total. The Morgan fingerprint density at radius 1 is 1.15 bits per heavy atom. The van der Waals surface area contributed by atoms with E-state index in [1.54, 1.807) is 26.4 Å². The van der Waals surface area contributed by atoms with E-state index >= 15 is 0 Å². The highest BCUT2D eigenvalue weighted by molar-refractivity contribution is 5.91. The van der Waals surface area contributed by atoms with Gasteiger partial charge in [-0.05, 0) is 42.3 Å². The van der Waals surface area contributed by atoms with Crippen molar-refractivity contribution in [3.05, 3.63) is 65.6 Å². The summed E-state index contributed by atoms with van der Waals surface area (Å²) in [4.78, 5) is 16.5. The van der Waals surface area contributed by atoms with Gasteiger partial charge < -0.3 is 19.2 Å². The molecule has 1 amide bonds. The molecule has 0 saturated carbocycles. The van der Waals surface area contributed by atoms with E-state index in [9.17, 15) is 4.79 Å². The minimum absolute atomic E-state index is 0.187. The van der Waals surface area contributed by atoms with Crippen LogP contribution in [0.3, 0.4) is 0 Å². The molecule has 1 N–H and O–H groups in total. The smallest absolute Gasteiger partial charge is 0.244 e. The zero-order valence-corrected chi connectivity index (χ0v) is 15.0. The third kappa shape index (κ3) is 4.03. The van der Waals surface area contributed by atoms with Crippen molar-refractivity contribution in [1.29, 1.82) is 0 Å². The number of nitrogens with zero attached hydrogens (tertiary/aromatic N) is 2. The van der Waals surface area contributed by atoms with Crippen LogP contribution in [0.4, 0.5) is 0 Å². The summed E-state index contributed by atoms with van der Waals surface area (Å²) in [5.74, 6) is 1.08. The zero-order chi connectivity index (χ0) is 18.5. The summed E-state index contributed by atoms with van der Waals surface area (Å²) >= 11 is 0. The SMILES string of the molecule is COc1ccc(/C=C/C(=O)NCc2cn3cc(C)ccc3n2)cc1OC. The molecule has 0 atom stereocenters. The lowest BCUT2D eigenvalue weighted by Crippen LogP contribution is -2.20. The second kappa shape index (κ2) is 7.74. The minimum atomic E-state index is -0.187. The molecular weight excluding hydrogens is 330 g/mol. The van der Waals surface area contributed by atoms with Crippen LogP contribution < -0.4 is 14.8 Å². The van der Waals surface area contributed by atoms with Crippen molar-refractivity contribution in [1.82, 2.24) is 14.7 Å². The van der Waals surface area contributed by atoms with Crippen molar-refractivity contribution >= 4 is 17.6 Å². The molecule has 1 aromatic carbocycles. The van der Waals surface area contributed by atoms with E-state index in [0.29, 0.717) is 18.0 Å². The molecule has 6 heteroatoms. The highest BCUT2D eigenvalue weighted by Gasteiger charge is 2.05. The van der Waals surface area contributed by atoms with Gasteiger partial charge in [-0.3, -0.25) is 4.79 Å². The number of amides is 1. The second-order valence-corrected chi connectivity index (χ2v) is 5.87. The number of methoxy groups -OCH3 is 2. The van der Waals surface area contributed by atoms with Crippen LogP contribution in [0, 0.1) is 6.92 Å². The Hall–Kier alpha value is -3.28. The summed E-state index contributed by atoms with van der Waals surface area (Å²) in [6.45, 7) is 2.40. The average Bonchev–Trinajstić information content (AvgIpc) is 3.06. The molecule has 0 aliphatic rings. The van der Waals surface area contributed by atoms with E-state index in [0.717, 1.165) is 22.5 Å². The molecule has 0 unspecified atom stereocenters. The third-order valence-corrected chi connectivity index (χ3v) is 3.93. The maximum Gasteiger partial charge on any atom is 0.244 e. The van der Waals surface area contributed by atoms with Crippen LogP contribution in [0.15, 0.2) is 48.8 Å². The van der Waals surface area contributed by atoms with Gasteiger partial charge in [0.25, 0.3) is 0 Å². The van der Waals surface area contributed by atoms with Crippen molar-refractivity contribution in [2.24, 2.45) is 0 Å². The Kier molecular flexibility index (Phi) is 5.22. The lowest BCUT2D eigenvalue weighted by atomic mass is 10.2. The largest absolute Gasteiger partial charge is 0.493 e. The van der Waals surface area contributed by atoms with Gasteiger partial charge in [-0.25, -0.2) is 4.98 Å². The molecule has 0 saturated heterocycles. The Labute approximate surface area is 152 Å². The summed E-state index contributed by atoms with van der Waals surface area (Å²) in [6, 6.07) is 9.44. The number of rotatable bonds is 6. The summed E-state index contributed by atoms with van der Waals surface area (Å²) in [7, 11) is 3.16. The first-order valence-electron chi connectivity index (χ1n) is 8.21. The van der Waals surface area contributed by atoms with Gasteiger partial charge >= 0.3 is 0 Å². The number of aromatic nitrogens is 2. The molecule has 134 valence electrons. The molecule has 0 aliphatic heterocycles. The maximum absolute atomic E-state index is 12.0. The molecule has 26 heavy (non-hydrogen) atoms. The standard InChI is InChI=1S/C20H21N3O3/c1-14-4-8-19-22-16(13-23(19)12-14)11-21-20(24)9-6-15-5-7-17(25-2)18(10-15)26-3/h4-10,12-13H,11H2,1-3H3,(H,21,24)/b9-6+. The van der Waals surface area contributed by atoms with Crippen molar-refractivity contribution in [2.75, 3.05) is 14.2 Å². The first kappa shape index (κ1) is 17.5. The maximum atomic E-state index is 12.0. The highest BCUT2D eigenvalue weighted by Crippen LogP contribution is 2.27. The monoisotopic (exact) mass is 351 g/mol. The fourth-order valence-electron chi connectivity index (χ4n) is 2.61. The first-order chi connectivity index (χ1) is 12.6. The van der Waals surface area contributed by atoms with Crippen LogP contribution >= 0.6 is 0 Å². The lowest BCUT2D eigenvalue weighted by Gasteiger charge is -2.07. The highest BCUT2D eigenvalue weighted by atomic mass is 16.5. The third-order valence-electron chi connectivity index (χ3n) is 3.93. The van der Waals surface area contributed by atoms with Gasteiger partial charge in [-0.1, -0.05) is 12.1 Å². The molecule has 2 heterocycles. The van der Waals surface area contributed by atoms with Gasteiger partial charge in [0.2, 0.25) is 5.91 Å². The van der Waals surface area contributed by atoms with Crippen molar-refractivity contribution in [3.8, 4) is 11.5 Å². The van der Waals surface area contributed by atoms with E-state index in [4.69, 9.17) is 9.47 Å². The van der Waals surface area contributed by atoms with Gasteiger partial charge in [0, 0.05) is 18.5 Å². The van der Waals surface area contributed by atoms with Crippen LogP contribution in [0.5, 0.6) is 11.5 Å². The fourth-order valence-corrected chi connectivity index (χ4v) is 2.61. The summed E-state index contributed by atoms with van der Waals surface area (Å²) in [6.07, 6.45) is 7.14. The predicted octanol–water partition coefficient (Wildman–Crippen LogP) is 2.99. The summed E-state index contributed by atoms with van der Waals surface area (Å²) in [5.41, 5.74) is 3.67. The van der Waals surface area contributed by atoms with Crippen molar-refractivity contribution in [3.63, 3.8) is 0 Å². The number of pyridine rings is 1. The van der Waals surface area contributed by atoms with Gasteiger partial charge in [0.1, 0.15) is 5.65 Å². The number of ether oxygens (including phenoxy) is 2. The van der Waals surface area contributed by atoms with E-state index in [1.807, 2.05) is 48.0 Å². The average molecular weight is 351 g/mol. The Morgan fingerprint density at radius 3 is 2.73 bits per heavy atom. The van der Waals surface area contributed by atoms with E-state index in [-0.39, 0.29) is 5.91 Å². The number of hydrogen-bond acceptors (Lipinski definition) is 4. The normalized spacial score (nSPS) is 11.0. The molecule has 0 radical (unpaired) electrons. The number of nitrogens with one attached hydrogen (secondary N) is 1. The van der Waals surface area contributed by atoms with Gasteiger partial charge in [-0.2, -0.15) is 0 Å². The molecule has 3 rings (SSSR count). The van der Waals surface area contributed by atoms with Gasteiger partial charge in [0.05, 0.1) is 26.5 Å². The van der Waals surface area contributed by atoms with Crippen molar-refractivity contribution in [2.45, 2.75) is 13.5 Å². The first-order valence-corrected chi connectivity index (χ1v) is 8.21. The molecule has 0 spiro atoms.